The van der Waals surface area contributed by atoms with Crippen LogP contribution in [0.5, 0.6) is 11.6 Å². The van der Waals surface area contributed by atoms with Crippen molar-refractivity contribution in [2.45, 2.75) is 11.4 Å². The van der Waals surface area contributed by atoms with Crippen LogP contribution in [0.2, 0.25) is 0 Å². The first kappa shape index (κ1) is 16.2. The molecule has 0 radical (unpaired) electrons. The van der Waals surface area contributed by atoms with Crippen molar-refractivity contribution >= 4 is 25.4 Å². The van der Waals surface area contributed by atoms with Gasteiger partial charge in [-0.25, -0.2) is 8.42 Å². The van der Waals surface area contributed by atoms with Gasteiger partial charge in [-0.05, 0) is 0 Å². The first-order valence-corrected chi connectivity index (χ1v) is 6.70. The number of alkyl halides is 3. The van der Waals surface area contributed by atoms with Crippen molar-refractivity contribution in [3.8, 4) is 11.6 Å². The van der Waals surface area contributed by atoms with Crippen LogP contribution in [0.1, 0.15) is 0 Å². The Hall–Kier alpha value is -1.82. The lowest BCUT2D eigenvalue weighted by Gasteiger charge is -2.11. The summed E-state index contributed by atoms with van der Waals surface area (Å²) in [7, 11) is 1.05. The summed E-state index contributed by atoms with van der Waals surface area (Å²) in [5.74, 6) is -2.26. The second-order valence-corrected chi connectivity index (χ2v) is 5.54. The van der Waals surface area contributed by atoms with Gasteiger partial charge in [0.15, 0.2) is 5.75 Å². The fraction of sp³-hybridized carbons (Fsp3) is 0.286. The van der Waals surface area contributed by atoms with Crippen LogP contribution in [-0.2, 0) is 9.05 Å². The number of halogens is 4. The number of nitrogens with zero attached hydrogens (tertiary/aromatic N) is 2. The molecule has 0 N–H and O–H groups in total. The Balaban J connectivity index is 3.61. The molecule has 0 unspecified atom stereocenters. The summed E-state index contributed by atoms with van der Waals surface area (Å²) in [6, 6.07) is 0.203. The highest BCUT2D eigenvalue weighted by Crippen LogP contribution is 2.37. The number of methoxy groups -OCH3 is 1. The number of pyridine rings is 1. The summed E-state index contributed by atoms with van der Waals surface area (Å²) < 4.78 is 66.4. The zero-order valence-corrected chi connectivity index (χ0v) is 10.9. The Labute approximate surface area is 113 Å². The average Bonchev–Trinajstić information content (AvgIpc) is 2.24. The molecule has 0 atom stereocenters. The van der Waals surface area contributed by atoms with Crippen LogP contribution in [-0.4, -0.2) is 31.8 Å². The molecule has 0 amide bonds. The lowest BCUT2D eigenvalue weighted by Crippen LogP contribution is -2.19. The molecule has 0 spiro atoms. The predicted molar refractivity (Wildman–Crippen MR) is 57.2 cm³/mol. The fourth-order valence-corrected chi connectivity index (χ4v) is 1.97. The first-order chi connectivity index (χ1) is 8.95. The summed E-state index contributed by atoms with van der Waals surface area (Å²) in [6.07, 6.45) is -5.29. The van der Waals surface area contributed by atoms with Crippen LogP contribution in [0.15, 0.2) is 11.1 Å². The van der Waals surface area contributed by atoms with Crippen LogP contribution in [0.4, 0.5) is 18.9 Å². The molecule has 0 fully saturated rings. The molecule has 1 heterocycles. The van der Waals surface area contributed by atoms with Crippen LogP contribution in [0.3, 0.4) is 0 Å². The Bertz CT molecular complexity index is 647. The van der Waals surface area contributed by atoms with Crippen molar-refractivity contribution in [1.82, 2.24) is 4.98 Å². The van der Waals surface area contributed by atoms with Crippen LogP contribution in [0.25, 0.3) is 0 Å². The van der Waals surface area contributed by atoms with Gasteiger partial charge in [-0.3, -0.25) is 10.1 Å². The number of hydrogen-bond acceptors (Lipinski definition) is 7. The molecular formula is C7H4ClF3N2O6S. The molecule has 0 saturated heterocycles. The van der Waals surface area contributed by atoms with E-state index in [0.717, 1.165) is 7.11 Å². The van der Waals surface area contributed by atoms with E-state index in [9.17, 15) is 31.7 Å². The molecule has 1 aromatic heterocycles. The van der Waals surface area contributed by atoms with Crippen molar-refractivity contribution in [1.29, 1.82) is 0 Å². The summed E-state index contributed by atoms with van der Waals surface area (Å²) in [6.45, 7) is 0. The Morgan fingerprint density at radius 3 is 2.35 bits per heavy atom. The van der Waals surface area contributed by atoms with Gasteiger partial charge in [0.25, 0.3) is 14.9 Å². The van der Waals surface area contributed by atoms with E-state index in [4.69, 9.17) is 10.7 Å². The number of aromatic nitrogens is 1. The van der Waals surface area contributed by atoms with Gasteiger partial charge in [-0.1, -0.05) is 0 Å². The highest BCUT2D eigenvalue weighted by molar-refractivity contribution is 8.13. The van der Waals surface area contributed by atoms with E-state index in [1.807, 2.05) is 0 Å². The van der Waals surface area contributed by atoms with E-state index in [0.29, 0.717) is 0 Å². The minimum Gasteiger partial charge on any atom is -0.476 e. The van der Waals surface area contributed by atoms with Crippen molar-refractivity contribution in [3.05, 3.63) is 16.2 Å². The van der Waals surface area contributed by atoms with E-state index in [1.165, 1.54) is 0 Å². The van der Waals surface area contributed by atoms with Crippen LogP contribution >= 0.6 is 10.7 Å². The predicted octanol–water partition coefficient (Wildman–Crippen LogP) is 1.82. The molecule has 8 nitrogen and oxygen atoms in total. The molecule has 0 bridgehead atoms. The highest BCUT2D eigenvalue weighted by atomic mass is 35.7. The lowest BCUT2D eigenvalue weighted by molar-refractivity contribution is -0.386. The van der Waals surface area contributed by atoms with Crippen molar-refractivity contribution in [2.75, 3.05) is 7.11 Å². The SMILES string of the molecule is COc1nc(S(=O)(=O)Cl)c(OC(F)(F)F)cc1[N+](=O)[O-]. The van der Waals surface area contributed by atoms with Gasteiger partial charge >= 0.3 is 12.0 Å². The summed E-state index contributed by atoms with van der Waals surface area (Å²) >= 11 is 0. The third-order valence-corrected chi connectivity index (χ3v) is 2.94. The van der Waals surface area contributed by atoms with Gasteiger partial charge in [0.05, 0.1) is 18.1 Å². The quantitative estimate of drug-likeness (QED) is 0.468. The molecule has 0 aliphatic carbocycles. The number of nitro groups is 1. The Morgan fingerprint density at radius 1 is 1.45 bits per heavy atom. The van der Waals surface area contributed by atoms with Gasteiger partial charge in [0.1, 0.15) is 0 Å². The summed E-state index contributed by atoms with van der Waals surface area (Å²) in [4.78, 5) is 12.6. The molecule has 1 rings (SSSR count). The second kappa shape index (κ2) is 5.28. The molecule has 20 heavy (non-hydrogen) atoms. The maximum atomic E-state index is 12.1. The number of rotatable bonds is 4. The molecule has 0 saturated carbocycles. The second-order valence-electron chi connectivity index (χ2n) is 3.06. The molecule has 0 aliphatic rings. The van der Waals surface area contributed by atoms with Gasteiger partial charge in [0.2, 0.25) is 5.03 Å². The molecule has 0 aromatic carbocycles. The highest BCUT2D eigenvalue weighted by Gasteiger charge is 2.37. The van der Waals surface area contributed by atoms with Crippen molar-refractivity contribution in [3.63, 3.8) is 0 Å². The Kier molecular flexibility index (Phi) is 4.29. The lowest BCUT2D eigenvalue weighted by atomic mass is 10.4. The molecule has 13 heteroatoms. The summed E-state index contributed by atoms with van der Waals surface area (Å²) in [5, 5.41) is 9.28. The van der Waals surface area contributed by atoms with Gasteiger partial charge in [0, 0.05) is 10.7 Å². The third-order valence-electron chi connectivity index (χ3n) is 1.75. The van der Waals surface area contributed by atoms with Gasteiger partial charge < -0.3 is 9.47 Å². The monoisotopic (exact) mass is 336 g/mol. The number of ether oxygens (including phenoxy) is 2. The van der Waals surface area contributed by atoms with E-state index in [-0.39, 0.29) is 6.07 Å². The molecular weight excluding hydrogens is 333 g/mol. The van der Waals surface area contributed by atoms with E-state index in [1.54, 1.807) is 0 Å². The molecule has 112 valence electrons. The third kappa shape index (κ3) is 3.84. The maximum Gasteiger partial charge on any atom is 0.573 e. The first-order valence-electron chi connectivity index (χ1n) is 4.39. The normalized spacial score (nSPS) is 12.1. The van der Waals surface area contributed by atoms with E-state index in [2.05, 4.69) is 14.5 Å². The smallest absolute Gasteiger partial charge is 0.476 e. The minimum atomic E-state index is -5.29. The average molecular weight is 337 g/mol. The molecule has 1 aromatic rings. The number of hydrogen-bond donors (Lipinski definition) is 0. The van der Waals surface area contributed by atoms with Crippen molar-refractivity contribution < 1.29 is 36.0 Å². The summed E-state index contributed by atoms with van der Waals surface area (Å²) in [5.41, 5.74) is -1.02. The zero-order chi connectivity index (χ0) is 15.7. The Morgan fingerprint density at radius 2 is 2.00 bits per heavy atom. The van der Waals surface area contributed by atoms with E-state index < -0.39 is 42.7 Å². The van der Waals surface area contributed by atoms with Crippen LogP contribution < -0.4 is 9.47 Å². The zero-order valence-electron chi connectivity index (χ0n) is 9.34. The largest absolute Gasteiger partial charge is 0.573 e. The van der Waals surface area contributed by atoms with Crippen molar-refractivity contribution in [2.24, 2.45) is 0 Å². The maximum absolute atomic E-state index is 12.1. The van der Waals surface area contributed by atoms with Gasteiger partial charge in [-0.15, -0.1) is 13.2 Å². The standard InChI is InChI=1S/C7H4ClF3N2O6S/c1-18-5-3(13(14)15)2-4(19-7(9,10)11)6(12-5)20(8,16)17/h2H,1H3. The van der Waals surface area contributed by atoms with Crippen LogP contribution in [0, 0.1) is 10.1 Å². The van der Waals surface area contributed by atoms with Gasteiger partial charge in [-0.2, -0.15) is 4.98 Å². The molecule has 0 aliphatic heterocycles. The topological polar surface area (TPSA) is 109 Å². The van der Waals surface area contributed by atoms with E-state index >= 15 is 0 Å². The fourth-order valence-electron chi connectivity index (χ4n) is 1.11. The minimum absolute atomic E-state index is 0.203.